The number of pyridine rings is 1. The van der Waals surface area contributed by atoms with Gasteiger partial charge in [0.1, 0.15) is 6.04 Å². The van der Waals surface area contributed by atoms with Gasteiger partial charge in [0.25, 0.3) is 0 Å². The number of hydrogen-bond acceptors (Lipinski definition) is 6. The summed E-state index contributed by atoms with van der Waals surface area (Å²) in [5.74, 6) is -0.968. The third-order valence-electron chi connectivity index (χ3n) is 5.35. The smallest absolute Gasteiger partial charge is 0.317 e. The third-order valence-corrected chi connectivity index (χ3v) is 5.35. The number of benzene rings is 2. The first kappa shape index (κ1) is 24.7. The van der Waals surface area contributed by atoms with Crippen molar-refractivity contribution in [3.63, 3.8) is 0 Å². The zero-order valence-corrected chi connectivity index (χ0v) is 20.4. The van der Waals surface area contributed by atoms with Crippen LogP contribution in [0, 0.1) is 0 Å². The topological polar surface area (TPSA) is 110 Å². The highest BCUT2D eigenvalue weighted by atomic mass is 16.7. The fraction of sp³-hybridized carbons (Fsp3) is 0.259. The molecule has 2 heterocycles. The van der Waals surface area contributed by atoms with Crippen molar-refractivity contribution in [1.82, 2.24) is 15.6 Å². The number of nitrogens with zero attached hydrogens (tertiary/aromatic N) is 2. The molecule has 1 atom stereocenters. The SMILES string of the molecule is CC(C)(C)NC(=O)C(c1ccccc1)N(C(=O)C(=O)NCc1ccc2c(c1)OCO2)c1cccnc1. The molecule has 3 aromatic rings. The Hall–Kier alpha value is -4.40. The van der Waals surface area contributed by atoms with Gasteiger partial charge in [-0.1, -0.05) is 36.4 Å². The number of aromatic nitrogens is 1. The lowest BCUT2D eigenvalue weighted by Crippen LogP contribution is -2.52. The number of carbonyl (C=O) groups excluding carboxylic acids is 3. The first-order valence-corrected chi connectivity index (χ1v) is 11.5. The summed E-state index contributed by atoms with van der Waals surface area (Å²) < 4.78 is 10.7. The highest BCUT2D eigenvalue weighted by Crippen LogP contribution is 2.32. The van der Waals surface area contributed by atoms with E-state index in [0.29, 0.717) is 22.7 Å². The molecule has 9 heteroatoms. The van der Waals surface area contributed by atoms with Crippen LogP contribution in [-0.2, 0) is 20.9 Å². The van der Waals surface area contributed by atoms with E-state index < -0.39 is 29.3 Å². The van der Waals surface area contributed by atoms with E-state index in [1.54, 1.807) is 60.8 Å². The summed E-state index contributed by atoms with van der Waals surface area (Å²) in [7, 11) is 0. The zero-order valence-electron chi connectivity index (χ0n) is 20.4. The quantitative estimate of drug-likeness (QED) is 0.516. The summed E-state index contributed by atoms with van der Waals surface area (Å²) in [6.07, 6.45) is 3.00. The Bertz CT molecular complexity index is 1240. The van der Waals surface area contributed by atoms with Crippen LogP contribution in [0.4, 0.5) is 5.69 Å². The Morgan fingerprint density at radius 2 is 1.75 bits per heavy atom. The van der Waals surface area contributed by atoms with Gasteiger partial charge in [0.05, 0.1) is 11.9 Å². The van der Waals surface area contributed by atoms with Gasteiger partial charge in [0.15, 0.2) is 11.5 Å². The van der Waals surface area contributed by atoms with Crippen molar-refractivity contribution >= 4 is 23.4 Å². The van der Waals surface area contributed by atoms with Crippen molar-refractivity contribution in [1.29, 1.82) is 0 Å². The Balaban J connectivity index is 1.63. The molecular formula is C27H28N4O5. The summed E-state index contributed by atoms with van der Waals surface area (Å²) in [4.78, 5) is 45.5. The second kappa shape index (κ2) is 10.5. The van der Waals surface area contributed by atoms with Gasteiger partial charge in [-0.05, 0) is 56.2 Å². The van der Waals surface area contributed by atoms with Crippen molar-refractivity contribution in [2.24, 2.45) is 0 Å². The lowest BCUT2D eigenvalue weighted by atomic mass is 10.0. The summed E-state index contributed by atoms with van der Waals surface area (Å²) in [5, 5.41) is 5.59. The molecule has 0 fully saturated rings. The molecule has 9 nitrogen and oxygen atoms in total. The minimum absolute atomic E-state index is 0.0896. The number of amides is 3. The molecule has 0 saturated heterocycles. The van der Waals surface area contributed by atoms with Gasteiger partial charge < -0.3 is 20.1 Å². The molecule has 186 valence electrons. The maximum absolute atomic E-state index is 13.6. The molecular weight excluding hydrogens is 460 g/mol. The third kappa shape index (κ3) is 5.80. The molecule has 36 heavy (non-hydrogen) atoms. The number of fused-ring (bicyclic) bond motifs is 1. The maximum Gasteiger partial charge on any atom is 0.317 e. The van der Waals surface area contributed by atoms with E-state index in [4.69, 9.17) is 9.47 Å². The normalized spacial score (nSPS) is 13.0. The Morgan fingerprint density at radius 3 is 2.44 bits per heavy atom. The van der Waals surface area contributed by atoms with E-state index in [1.165, 1.54) is 11.1 Å². The van der Waals surface area contributed by atoms with Crippen LogP contribution in [0.15, 0.2) is 73.1 Å². The summed E-state index contributed by atoms with van der Waals surface area (Å²) in [6, 6.07) is 16.3. The molecule has 0 spiro atoms. The summed E-state index contributed by atoms with van der Waals surface area (Å²) in [5.41, 5.74) is 1.05. The highest BCUT2D eigenvalue weighted by Gasteiger charge is 2.37. The standard InChI is InChI=1S/C27H28N4O5/c1-27(2,3)30-24(32)23(19-8-5-4-6-9-19)31(20-10-7-13-28-16-20)26(34)25(33)29-15-18-11-12-21-22(14-18)36-17-35-21/h4-14,16,23H,15,17H2,1-3H3,(H,29,33)(H,30,32). The Labute approximate surface area is 209 Å². The molecule has 1 aliphatic rings. The molecule has 3 amide bonds. The minimum Gasteiger partial charge on any atom is -0.454 e. The van der Waals surface area contributed by atoms with Crippen molar-refractivity contribution in [3.8, 4) is 11.5 Å². The number of carbonyl (C=O) groups is 3. The fourth-order valence-electron chi connectivity index (χ4n) is 3.79. The van der Waals surface area contributed by atoms with Gasteiger partial charge in [0.2, 0.25) is 12.7 Å². The van der Waals surface area contributed by atoms with E-state index in [-0.39, 0.29) is 13.3 Å². The second-order valence-electron chi connectivity index (χ2n) is 9.31. The second-order valence-corrected chi connectivity index (χ2v) is 9.31. The van der Waals surface area contributed by atoms with Crippen molar-refractivity contribution in [2.75, 3.05) is 11.7 Å². The van der Waals surface area contributed by atoms with Crippen LogP contribution in [0.1, 0.15) is 37.9 Å². The first-order valence-electron chi connectivity index (χ1n) is 11.5. The molecule has 1 aliphatic heterocycles. The van der Waals surface area contributed by atoms with E-state index in [0.717, 1.165) is 5.56 Å². The fourth-order valence-corrected chi connectivity index (χ4v) is 3.79. The average molecular weight is 489 g/mol. The van der Waals surface area contributed by atoms with Crippen molar-refractivity contribution in [3.05, 3.63) is 84.2 Å². The van der Waals surface area contributed by atoms with Crippen LogP contribution in [-0.4, -0.2) is 35.0 Å². The van der Waals surface area contributed by atoms with Crippen LogP contribution in [0.5, 0.6) is 11.5 Å². The summed E-state index contributed by atoms with van der Waals surface area (Å²) >= 11 is 0. The lowest BCUT2D eigenvalue weighted by Gasteiger charge is -2.33. The number of nitrogens with one attached hydrogen (secondary N) is 2. The number of hydrogen-bond donors (Lipinski definition) is 2. The van der Waals surface area contributed by atoms with Crippen molar-refractivity contribution < 1.29 is 23.9 Å². The van der Waals surface area contributed by atoms with E-state index in [1.807, 2.05) is 26.8 Å². The van der Waals surface area contributed by atoms with Crippen LogP contribution in [0.25, 0.3) is 0 Å². The van der Waals surface area contributed by atoms with Gasteiger partial charge in [-0.25, -0.2) is 0 Å². The molecule has 0 bridgehead atoms. The largest absolute Gasteiger partial charge is 0.454 e. The van der Waals surface area contributed by atoms with Gasteiger partial charge in [-0.2, -0.15) is 0 Å². The molecule has 2 N–H and O–H groups in total. The van der Waals surface area contributed by atoms with Gasteiger partial charge >= 0.3 is 11.8 Å². The first-order chi connectivity index (χ1) is 17.2. The number of anilines is 1. The van der Waals surface area contributed by atoms with E-state index >= 15 is 0 Å². The Morgan fingerprint density at radius 1 is 1.00 bits per heavy atom. The molecule has 1 unspecified atom stereocenters. The predicted octanol–water partition coefficient (Wildman–Crippen LogP) is 3.12. The van der Waals surface area contributed by atoms with Gasteiger partial charge in [-0.3, -0.25) is 24.3 Å². The molecule has 2 aromatic carbocycles. The highest BCUT2D eigenvalue weighted by molar-refractivity contribution is 6.41. The van der Waals surface area contributed by atoms with Crippen LogP contribution >= 0.6 is 0 Å². The minimum atomic E-state index is -1.10. The van der Waals surface area contributed by atoms with Crippen LogP contribution in [0.3, 0.4) is 0 Å². The molecule has 0 saturated carbocycles. The van der Waals surface area contributed by atoms with Crippen LogP contribution < -0.4 is 25.0 Å². The van der Waals surface area contributed by atoms with Gasteiger partial charge in [0, 0.05) is 18.3 Å². The molecule has 0 radical (unpaired) electrons. The van der Waals surface area contributed by atoms with Gasteiger partial charge in [-0.15, -0.1) is 0 Å². The number of rotatable bonds is 6. The zero-order chi connectivity index (χ0) is 25.7. The van der Waals surface area contributed by atoms with E-state index in [2.05, 4.69) is 15.6 Å². The number of ether oxygens (including phenoxy) is 2. The van der Waals surface area contributed by atoms with Crippen LogP contribution in [0.2, 0.25) is 0 Å². The van der Waals surface area contributed by atoms with E-state index in [9.17, 15) is 14.4 Å². The predicted molar refractivity (Wildman–Crippen MR) is 133 cm³/mol. The molecule has 1 aromatic heterocycles. The maximum atomic E-state index is 13.6. The van der Waals surface area contributed by atoms with Crippen molar-refractivity contribution in [2.45, 2.75) is 38.9 Å². The molecule has 4 rings (SSSR count). The molecule has 0 aliphatic carbocycles. The summed E-state index contributed by atoms with van der Waals surface area (Å²) in [6.45, 7) is 5.78. The average Bonchev–Trinajstić information content (AvgIpc) is 3.33. The lowest BCUT2D eigenvalue weighted by molar-refractivity contribution is -0.138. The Kier molecular flexibility index (Phi) is 7.19. The monoisotopic (exact) mass is 488 g/mol.